The number of carbonyl (C=O) groups is 1. The smallest absolute Gasteiger partial charge is 0.407 e. The number of alkyl carbamates (subject to hydrolysis) is 1. The Morgan fingerprint density at radius 1 is 1.29 bits per heavy atom. The van der Waals surface area contributed by atoms with Crippen LogP contribution in [0, 0.1) is 5.92 Å². The van der Waals surface area contributed by atoms with Crippen LogP contribution in [0.25, 0.3) is 0 Å². The molecule has 1 rings (SSSR count). The minimum Gasteiger partial charge on any atom is -0.504 e. The Bertz CT molecular complexity index is 448. The van der Waals surface area contributed by atoms with Crippen molar-refractivity contribution < 1.29 is 19.7 Å². The van der Waals surface area contributed by atoms with E-state index in [1.165, 1.54) is 12.1 Å². The van der Waals surface area contributed by atoms with Crippen LogP contribution >= 0.6 is 0 Å². The molecule has 0 aromatic heterocycles. The Morgan fingerprint density at radius 2 is 2.05 bits per heavy atom. The molecule has 118 valence electrons. The lowest BCUT2D eigenvalue weighted by Crippen LogP contribution is -2.26. The van der Waals surface area contributed by atoms with Gasteiger partial charge in [0.2, 0.25) is 0 Å². The number of aromatic hydroxyl groups is 2. The number of benzene rings is 1. The molecular formula is C16H25NO4. The van der Waals surface area contributed by atoms with Crippen molar-refractivity contribution in [3.8, 4) is 11.5 Å². The first-order valence-electron chi connectivity index (χ1n) is 7.48. The molecule has 1 aromatic rings. The van der Waals surface area contributed by atoms with Crippen molar-refractivity contribution in [3.63, 3.8) is 0 Å². The summed E-state index contributed by atoms with van der Waals surface area (Å²) in [6, 6.07) is 4.42. The normalized spacial score (nSPS) is 11.9. The number of nitrogens with one attached hydrogen (secondary N) is 1. The third-order valence-electron chi connectivity index (χ3n) is 3.47. The van der Waals surface area contributed by atoms with Crippen LogP contribution in [0.3, 0.4) is 0 Å². The van der Waals surface area contributed by atoms with Crippen LogP contribution in [0.4, 0.5) is 4.79 Å². The Hall–Kier alpha value is -1.91. The van der Waals surface area contributed by atoms with Crippen molar-refractivity contribution >= 4 is 6.09 Å². The molecule has 0 aliphatic carbocycles. The molecule has 0 aliphatic rings. The molecule has 0 spiro atoms. The van der Waals surface area contributed by atoms with Crippen molar-refractivity contribution in [2.45, 2.75) is 46.1 Å². The van der Waals surface area contributed by atoms with E-state index in [2.05, 4.69) is 19.2 Å². The first-order valence-corrected chi connectivity index (χ1v) is 7.48. The number of amides is 1. The Balaban J connectivity index is 2.31. The fourth-order valence-electron chi connectivity index (χ4n) is 2.00. The van der Waals surface area contributed by atoms with Crippen LogP contribution in [0.2, 0.25) is 0 Å². The van der Waals surface area contributed by atoms with Gasteiger partial charge in [0.1, 0.15) is 0 Å². The van der Waals surface area contributed by atoms with Crippen LogP contribution in [0.15, 0.2) is 18.2 Å². The topological polar surface area (TPSA) is 78.8 Å². The number of unbranched alkanes of at least 4 members (excludes halogenated alkanes) is 1. The van der Waals surface area contributed by atoms with Gasteiger partial charge in [-0.05, 0) is 30.0 Å². The Labute approximate surface area is 125 Å². The van der Waals surface area contributed by atoms with E-state index in [0.29, 0.717) is 18.1 Å². The lowest BCUT2D eigenvalue weighted by atomic mass is 10.0. The zero-order chi connectivity index (χ0) is 15.7. The lowest BCUT2D eigenvalue weighted by Gasteiger charge is -2.15. The summed E-state index contributed by atoms with van der Waals surface area (Å²) in [6.45, 7) is 4.93. The number of phenolic OH excluding ortho intramolecular Hbond substituents is 2. The van der Waals surface area contributed by atoms with E-state index >= 15 is 0 Å². The van der Waals surface area contributed by atoms with Gasteiger partial charge in [0.15, 0.2) is 11.5 Å². The highest BCUT2D eigenvalue weighted by Crippen LogP contribution is 2.24. The lowest BCUT2D eigenvalue weighted by molar-refractivity contribution is 0.122. The molecule has 1 atom stereocenters. The highest BCUT2D eigenvalue weighted by atomic mass is 16.5. The molecule has 0 fully saturated rings. The van der Waals surface area contributed by atoms with Gasteiger partial charge in [-0.1, -0.05) is 39.2 Å². The molecule has 0 heterocycles. The molecule has 1 amide bonds. The van der Waals surface area contributed by atoms with Crippen molar-refractivity contribution in [2.24, 2.45) is 5.92 Å². The van der Waals surface area contributed by atoms with E-state index in [4.69, 9.17) is 4.74 Å². The fourth-order valence-corrected chi connectivity index (χ4v) is 2.00. The monoisotopic (exact) mass is 295 g/mol. The first-order chi connectivity index (χ1) is 10.1. The molecule has 1 unspecified atom stereocenters. The second-order valence-corrected chi connectivity index (χ2v) is 5.19. The standard InChI is InChI=1S/C16H25NO4/c1-3-5-6-12(4-2)11-21-16(20)17-10-13-7-8-14(18)15(19)9-13/h7-9,12,18-19H,3-6,10-11H2,1-2H3,(H,17,20). The van der Waals surface area contributed by atoms with Crippen LogP contribution in [-0.2, 0) is 11.3 Å². The zero-order valence-electron chi connectivity index (χ0n) is 12.8. The number of ether oxygens (including phenoxy) is 1. The van der Waals surface area contributed by atoms with Crippen LogP contribution < -0.4 is 5.32 Å². The van der Waals surface area contributed by atoms with E-state index < -0.39 is 6.09 Å². The third kappa shape index (κ3) is 6.38. The van der Waals surface area contributed by atoms with Gasteiger partial charge in [-0.2, -0.15) is 0 Å². The molecule has 5 nitrogen and oxygen atoms in total. The van der Waals surface area contributed by atoms with Crippen LogP contribution in [0.5, 0.6) is 11.5 Å². The molecule has 5 heteroatoms. The van der Waals surface area contributed by atoms with Gasteiger partial charge in [0.05, 0.1) is 6.61 Å². The maximum absolute atomic E-state index is 11.6. The van der Waals surface area contributed by atoms with Crippen LogP contribution in [0.1, 0.15) is 45.1 Å². The average molecular weight is 295 g/mol. The van der Waals surface area contributed by atoms with Crippen LogP contribution in [-0.4, -0.2) is 22.9 Å². The molecule has 0 radical (unpaired) electrons. The minimum absolute atomic E-state index is 0.178. The quantitative estimate of drug-likeness (QED) is 0.641. The van der Waals surface area contributed by atoms with E-state index in [1.807, 2.05) is 0 Å². The number of carbonyl (C=O) groups excluding carboxylic acids is 1. The molecule has 0 saturated heterocycles. The van der Waals surface area contributed by atoms with E-state index in [9.17, 15) is 15.0 Å². The van der Waals surface area contributed by atoms with Gasteiger partial charge in [-0.3, -0.25) is 0 Å². The predicted molar refractivity (Wildman–Crippen MR) is 81.3 cm³/mol. The maximum Gasteiger partial charge on any atom is 0.407 e. The molecular weight excluding hydrogens is 270 g/mol. The summed E-state index contributed by atoms with van der Waals surface area (Å²) in [5.74, 6) is 0.0322. The van der Waals surface area contributed by atoms with Gasteiger partial charge in [-0.15, -0.1) is 0 Å². The number of hydrogen-bond donors (Lipinski definition) is 3. The van der Waals surface area contributed by atoms with Gasteiger partial charge in [-0.25, -0.2) is 4.79 Å². The van der Waals surface area contributed by atoms with Crippen molar-refractivity contribution in [2.75, 3.05) is 6.61 Å². The summed E-state index contributed by atoms with van der Waals surface area (Å²) in [5.41, 5.74) is 0.695. The summed E-state index contributed by atoms with van der Waals surface area (Å²) in [6.07, 6.45) is 3.91. The third-order valence-corrected chi connectivity index (χ3v) is 3.47. The van der Waals surface area contributed by atoms with Crippen molar-refractivity contribution in [1.82, 2.24) is 5.32 Å². The fraction of sp³-hybridized carbons (Fsp3) is 0.562. The number of phenols is 2. The summed E-state index contributed by atoms with van der Waals surface area (Å²) in [7, 11) is 0. The molecule has 1 aromatic carbocycles. The van der Waals surface area contributed by atoms with Gasteiger partial charge in [0.25, 0.3) is 0 Å². The van der Waals surface area contributed by atoms with E-state index in [0.717, 1.165) is 25.7 Å². The molecule has 0 aliphatic heterocycles. The summed E-state index contributed by atoms with van der Waals surface area (Å²) in [4.78, 5) is 11.6. The second kappa shape index (κ2) is 9.10. The Kier molecular flexibility index (Phi) is 7.43. The number of rotatable bonds is 8. The SMILES string of the molecule is CCCCC(CC)COC(=O)NCc1ccc(O)c(O)c1. The largest absolute Gasteiger partial charge is 0.504 e. The van der Waals surface area contributed by atoms with Gasteiger partial charge >= 0.3 is 6.09 Å². The average Bonchev–Trinajstić information content (AvgIpc) is 2.48. The van der Waals surface area contributed by atoms with E-state index in [-0.39, 0.29) is 18.0 Å². The zero-order valence-corrected chi connectivity index (χ0v) is 12.8. The molecule has 3 N–H and O–H groups in total. The Morgan fingerprint density at radius 3 is 2.67 bits per heavy atom. The van der Waals surface area contributed by atoms with Crippen molar-refractivity contribution in [1.29, 1.82) is 0 Å². The highest BCUT2D eigenvalue weighted by Gasteiger charge is 2.10. The first kappa shape index (κ1) is 17.1. The summed E-state index contributed by atoms with van der Waals surface area (Å²) >= 11 is 0. The van der Waals surface area contributed by atoms with Crippen molar-refractivity contribution in [3.05, 3.63) is 23.8 Å². The molecule has 21 heavy (non-hydrogen) atoms. The van der Waals surface area contributed by atoms with E-state index in [1.54, 1.807) is 6.07 Å². The molecule has 0 bridgehead atoms. The second-order valence-electron chi connectivity index (χ2n) is 5.19. The van der Waals surface area contributed by atoms with Gasteiger partial charge < -0.3 is 20.3 Å². The highest BCUT2D eigenvalue weighted by molar-refractivity contribution is 5.67. The van der Waals surface area contributed by atoms with Gasteiger partial charge in [0, 0.05) is 6.54 Å². The molecule has 0 saturated carbocycles. The predicted octanol–water partition coefficient (Wildman–Crippen LogP) is 3.54. The number of hydrogen-bond acceptors (Lipinski definition) is 4. The summed E-state index contributed by atoms with van der Waals surface area (Å²) < 4.78 is 5.21. The summed E-state index contributed by atoms with van der Waals surface area (Å²) in [5, 5.41) is 21.2. The maximum atomic E-state index is 11.6. The minimum atomic E-state index is -0.461.